The first kappa shape index (κ1) is 28.2. The molecule has 1 saturated heterocycles. The lowest BCUT2D eigenvalue weighted by molar-refractivity contribution is -0.143. The smallest absolute Gasteiger partial charge is 0.316 e. The Morgan fingerprint density at radius 1 is 1.11 bits per heavy atom. The molecule has 1 aliphatic heterocycles. The quantitative estimate of drug-likeness (QED) is 0.246. The number of nitrogens with two attached hydrogens (primary N) is 1. The topological polar surface area (TPSA) is 144 Å². The van der Waals surface area contributed by atoms with Crippen LogP contribution in [0.15, 0.2) is 55.1 Å². The van der Waals surface area contributed by atoms with Gasteiger partial charge in [0.2, 0.25) is 0 Å². The van der Waals surface area contributed by atoms with Crippen molar-refractivity contribution in [3.05, 3.63) is 72.1 Å². The molecular weight excluding hydrogens is 491 g/mol. The first-order chi connectivity index (χ1) is 17.9. The molecule has 0 radical (unpaired) electrons. The summed E-state index contributed by atoms with van der Waals surface area (Å²) in [6.07, 6.45) is 7.44. The maximum absolute atomic E-state index is 15.0. The second-order valence-electron chi connectivity index (χ2n) is 8.68. The Morgan fingerprint density at radius 2 is 1.79 bits per heavy atom. The predicted molar refractivity (Wildman–Crippen MR) is 139 cm³/mol. The molecule has 1 amide bonds. The predicted octanol–water partition coefficient (Wildman–Crippen LogP) is 3.61. The molecule has 1 aliphatic rings. The highest BCUT2D eigenvalue weighted by molar-refractivity contribution is 5.95. The molecule has 0 atom stereocenters. The normalized spacial score (nSPS) is 13.3. The third-order valence-corrected chi connectivity index (χ3v) is 6.02. The minimum atomic E-state index is -0.701. The zero-order valence-electron chi connectivity index (χ0n) is 20.1. The molecule has 0 spiro atoms. The number of piperidine rings is 1. The van der Waals surface area contributed by atoms with Crippen molar-refractivity contribution < 1.29 is 23.5 Å². The molecule has 10 nitrogen and oxygen atoms in total. The summed E-state index contributed by atoms with van der Waals surface area (Å²) in [5.74, 6) is -1.30. The summed E-state index contributed by atoms with van der Waals surface area (Å²) in [4.78, 5) is 38.4. The van der Waals surface area contributed by atoms with Crippen molar-refractivity contribution in [2.24, 2.45) is 11.7 Å². The molecule has 38 heavy (non-hydrogen) atoms. The number of pyridine rings is 1. The van der Waals surface area contributed by atoms with Crippen molar-refractivity contribution in [2.45, 2.75) is 33.3 Å². The highest BCUT2D eigenvalue weighted by Crippen LogP contribution is 2.26. The van der Waals surface area contributed by atoms with E-state index in [-0.39, 0.29) is 55.3 Å². The zero-order chi connectivity index (χ0) is 26.2. The third-order valence-electron chi connectivity index (χ3n) is 6.02. The number of amides is 1. The summed E-state index contributed by atoms with van der Waals surface area (Å²) < 4.78 is 25.7. The molecule has 2 aromatic heterocycles. The van der Waals surface area contributed by atoms with Crippen LogP contribution in [0.5, 0.6) is 6.01 Å². The van der Waals surface area contributed by atoms with Gasteiger partial charge in [0.1, 0.15) is 24.7 Å². The number of amidine groups is 1. The van der Waals surface area contributed by atoms with Gasteiger partial charge < -0.3 is 20.1 Å². The van der Waals surface area contributed by atoms with Crippen LogP contribution in [-0.2, 0) is 16.1 Å². The number of ether oxygens (including phenoxy) is 2. The van der Waals surface area contributed by atoms with Crippen molar-refractivity contribution in [3.8, 4) is 17.1 Å². The Hall–Kier alpha value is -4.41. The number of carbonyl (C=O) groups excluding carboxylic acids is 2. The van der Waals surface area contributed by atoms with Gasteiger partial charge in [-0.05, 0) is 30.9 Å². The second kappa shape index (κ2) is 13.2. The van der Waals surface area contributed by atoms with E-state index in [2.05, 4.69) is 15.0 Å². The lowest BCUT2D eigenvalue weighted by atomic mass is 9.97. The molecule has 11 heteroatoms. The van der Waals surface area contributed by atoms with E-state index in [0.717, 1.165) is 12.8 Å². The lowest BCUT2D eigenvalue weighted by Gasteiger charge is -2.31. The number of esters is 1. The van der Waals surface area contributed by atoms with Gasteiger partial charge in [0, 0.05) is 60.1 Å². The molecule has 200 valence electrons. The number of benzene rings is 1. The van der Waals surface area contributed by atoms with Crippen molar-refractivity contribution in [1.82, 2.24) is 19.9 Å². The number of nitrogens with one attached hydrogen (secondary N) is 1. The van der Waals surface area contributed by atoms with Crippen molar-refractivity contribution in [1.29, 1.82) is 5.41 Å². The van der Waals surface area contributed by atoms with Gasteiger partial charge in [-0.15, -0.1) is 0 Å². The zero-order valence-corrected chi connectivity index (χ0v) is 20.1. The van der Waals surface area contributed by atoms with Crippen LogP contribution >= 0.6 is 0 Å². The number of hydrogen-bond acceptors (Lipinski definition) is 8. The van der Waals surface area contributed by atoms with Crippen LogP contribution in [0.4, 0.5) is 4.39 Å². The Labute approximate surface area is 220 Å². The van der Waals surface area contributed by atoms with Crippen LogP contribution in [0.25, 0.3) is 11.1 Å². The van der Waals surface area contributed by atoms with Crippen molar-refractivity contribution in [3.63, 3.8) is 0 Å². The van der Waals surface area contributed by atoms with Crippen LogP contribution in [-0.4, -0.2) is 57.3 Å². The first-order valence-electron chi connectivity index (χ1n) is 11.8. The molecule has 3 N–H and O–H groups in total. The number of carbonyl (C=O) groups is 2. The average Bonchev–Trinajstić information content (AvgIpc) is 2.92. The van der Waals surface area contributed by atoms with E-state index >= 15 is 0 Å². The lowest BCUT2D eigenvalue weighted by Crippen LogP contribution is -2.39. The molecule has 3 aromatic rings. The van der Waals surface area contributed by atoms with Crippen LogP contribution < -0.4 is 10.5 Å². The maximum Gasteiger partial charge on any atom is 0.316 e. The van der Waals surface area contributed by atoms with Gasteiger partial charge in [0.05, 0.1) is 6.61 Å². The van der Waals surface area contributed by atoms with E-state index in [9.17, 15) is 14.0 Å². The number of aromatic nitrogens is 3. The Bertz CT molecular complexity index is 1250. The van der Waals surface area contributed by atoms with Crippen LogP contribution in [0, 0.1) is 17.1 Å². The van der Waals surface area contributed by atoms with E-state index in [1.165, 1.54) is 18.5 Å². The Morgan fingerprint density at radius 3 is 2.45 bits per heavy atom. The first-order valence-corrected chi connectivity index (χ1v) is 11.8. The van der Waals surface area contributed by atoms with Crippen LogP contribution in [0.2, 0.25) is 0 Å². The van der Waals surface area contributed by atoms with Gasteiger partial charge in [0.15, 0.2) is 0 Å². The molecule has 3 heterocycles. The summed E-state index contributed by atoms with van der Waals surface area (Å²) in [6.45, 7) is 1.44. The Kier molecular flexibility index (Phi) is 9.80. The number of nitrogens with zero attached hydrogens (tertiary/aromatic N) is 4. The number of hydrogen-bond donors (Lipinski definition) is 2. The molecule has 4 rings (SSSR count). The minimum Gasteiger partial charge on any atom is -0.463 e. The van der Waals surface area contributed by atoms with Gasteiger partial charge in [0.25, 0.3) is 5.91 Å². The molecule has 0 saturated carbocycles. The fourth-order valence-corrected chi connectivity index (χ4v) is 3.98. The van der Waals surface area contributed by atoms with Crippen LogP contribution in [0.3, 0.4) is 0 Å². The summed E-state index contributed by atoms with van der Waals surface area (Å²) in [5, 5.41) is 7.12. The highest BCUT2D eigenvalue weighted by atomic mass is 19.1. The van der Waals surface area contributed by atoms with Crippen molar-refractivity contribution in [2.75, 3.05) is 19.7 Å². The largest absolute Gasteiger partial charge is 0.463 e. The summed E-state index contributed by atoms with van der Waals surface area (Å²) >= 11 is 0. The molecule has 1 fully saturated rings. The van der Waals surface area contributed by atoms with E-state index in [1.54, 1.807) is 36.7 Å². The van der Waals surface area contributed by atoms with E-state index in [4.69, 9.17) is 20.6 Å². The van der Waals surface area contributed by atoms with Gasteiger partial charge in [-0.1, -0.05) is 25.6 Å². The number of rotatable bonds is 9. The number of halogens is 1. The fraction of sp³-hybridized carbons (Fsp3) is 0.333. The molecule has 0 unspecified atom stereocenters. The summed E-state index contributed by atoms with van der Waals surface area (Å²) in [5.41, 5.74) is 6.70. The van der Waals surface area contributed by atoms with Gasteiger partial charge >= 0.3 is 12.0 Å². The highest BCUT2D eigenvalue weighted by Gasteiger charge is 2.24. The second-order valence-corrected chi connectivity index (χ2v) is 8.68. The third kappa shape index (κ3) is 7.31. The molecular formula is C27H31FN6O4. The molecule has 0 bridgehead atoms. The summed E-state index contributed by atoms with van der Waals surface area (Å²) in [6, 6.07) is 8.35. The standard InChI is InChI=1S/C26H27FN6O4.CH4/c27-24-19(16-36-23(34)12-22(28)29)2-1-3-21(24)20-13-31-26(32-14-20)37-15-17-6-10-33(11-7-17)25(35)18-4-8-30-9-5-18;/h1-5,8-9,13-14,17H,6-7,10-12,15-16H2,(H3,28,29);1H4. The van der Waals surface area contributed by atoms with Gasteiger partial charge in [-0.3, -0.25) is 20.0 Å². The maximum atomic E-state index is 15.0. The SMILES string of the molecule is C.N=C(N)CC(=O)OCc1cccc(-c2cnc(OCC3CCN(C(=O)c4ccncc4)CC3)nc2)c1F. The molecule has 1 aromatic carbocycles. The van der Waals surface area contributed by atoms with Gasteiger partial charge in [-0.2, -0.15) is 0 Å². The Balaban J connectivity index is 0.00000400. The minimum absolute atomic E-state index is 0. The van der Waals surface area contributed by atoms with Crippen LogP contribution in [0.1, 0.15) is 42.6 Å². The molecule has 0 aliphatic carbocycles. The fourth-order valence-electron chi connectivity index (χ4n) is 3.98. The number of likely N-dealkylation sites (tertiary alicyclic amines) is 1. The van der Waals surface area contributed by atoms with E-state index in [1.807, 2.05) is 4.90 Å². The average molecular weight is 523 g/mol. The van der Waals surface area contributed by atoms with E-state index in [0.29, 0.717) is 30.8 Å². The van der Waals surface area contributed by atoms with Gasteiger partial charge in [-0.25, -0.2) is 14.4 Å². The van der Waals surface area contributed by atoms with Crippen molar-refractivity contribution >= 4 is 17.7 Å². The summed E-state index contributed by atoms with van der Waals surface area (Å²) in [7, 11) is 0. The van der Waals surface area contributed by atoms with E-state index < -0.39 is 11.8 Å². The monoisotopic (exact) mass is 522 g/mol.